The van der Waals surface area contributed by atoms with Crippen molar-refractivity contribution in [1.82, 2.24) is 4.90 Å². The normalized spacial score (nSPS) is 28.2. The van der Waals surface area contributed by atoms with E-state index in [-0.39, 0.29) is 22.4 Å². The average Bonchev–Trinajstić information content (AvgIpc) is 3.07. The summed E-state index contributed by atoms with van der Waals surface area (Å²) in [7, 11) is 0. The minimum absolute atomic E-state index is 0.0702. The fourth-order valence-corrected chi connectivity index (χ4v) is 4.59. The molecule has 1 aromatic carbocycles. The van der Waals surface area contributed by atoms with Crippen LogP contribution in [0.15, 0.2) is 33.9 Å². The van der Waals surface area contributed by atoms with Gasteiger partial charge in [0.05, 0.1) is 10.3 Å². The molecule has 2 fully saturated rings. The van der Waals surface area contributed by atoms with Crippen molar-refractivity contribution in [2.75, 3.05) is 13.1 Å². The number of hydrogen-bond donors (Lipinski definition) is 0. The molecule has 0 radical (unpaired) electrons. The van der Waals surface area contributed by atoms with Crippen LogP contribution < -0.4 is 0 Å². The number of rotatable bonds is 4. The second-order valence-corrected chi connectivity index (χ2v) is 7.56. The molecule has 0 unspecified atom stereocenters. The monoisotopic (exact) mass is 426 g/mol. The van der Waals surface area contributed by atoms with Crippen molar-refractivity contribution in [3.05, 3.63) is 49.6 Å². The van der Waals surface area contributed by atoms with Gasteiger partial charge in [-0.25, -0.2) is 0 Å². The second-order valence-electron chi connectivity index (χ2n) is 6.18. The molecular weight excluding hydrogens is 407 g/mol. The van der Waals surface area contributed by atoms with Gasteiger partial charge in [0.25, 0.3) is 5.69 Å². The van der Waals surface area contributed by atoms with Crippen LogP contribution >= 0.6 is 22.6 Å². The fraction of sp³-hybridized carbons (Fsp3) is 0.471. The number of benzene rings is 1. The number of ketones is 1. The van der Waals surface area contributed by atoms with Crippen LogP contribution in [0.25, 0.3) is 0 Å². The van der Waals surface area contributed by atoms with E-state index in [2.05, 4.69) is 33.6 Å². The standard InChI is InChI=1S/C17H19IN2O3/c1-2-12(18)11-19-10-9-17(15(19)7-8-16(17)21)13-5-3-4-6-14(13)20(22)23/h2-6,15H,7-11H2,1H3/b12-2-/t15-,17+/m0/s1. The predicted octanol–water partition coefficient (Wildman–Crippen LogP) is 3.61. The summed E-state index contributed by atoms with van der Waals surface area (Å²) in [5.41, 5.74) is -0.0141. The van der Waals surface area contributed by atoms with Gasteiger partial charge in [0.15, 0.2) is 0 Å². The smallest absolute Gasteiger partial charge is 0.273 e. The zero-order valence-corrected chi connectivity index (χ0v) is 15.2. The molecule has 1 aromatic rings. The van der Waals surface area contributed by atoms with Gasteiger partial charge in [-0.15, -0.1) is 0 Å². The van der Waals surface area contributed by atoms with Crippen molar-refractivity contribution in [2.24, 2.45) is 0 Å². The van der Waals surface area contributed by atoms with E-state index >= 15 is 0 Å². The van der Waals surface area contributed by atoms with Crippen molar-refractivity contribution >= 4 is 34.1 Å². The Balaban J connectivity index is 2.06. The van der Waals surface area contributed by atoms with Gasteiger partial charge >= 0.3 is 0 Å². The van der Waals surface area contributed by atoms with Gasteiger partial charge in [-0.1, -0.05) is 24.3 Å². The maximum Gasteiger partial charge on any atom is 0.273 e. The first-order chi connectivity index (χ1) is 11.0. The van der Waals surface area contributed by atoms with E-state index < -0.39 is 5.41 Å². The molecule has 0 bridgehead atoms. The van der Waals surface area contributed by atoms with Crippen LogP contribution in [0.1, 0.15) is 31.7 Å². The van der Waals surface area contributed by atoms with Gasteiger partial charge in [-0.3, -0.25) is 19.8 Å². The third-order valence-electron chi connectivity index (χ3n) is 5.19. The third kappa shape index (κ3) is 2.61. The Kier molecular flexibility index (Phi) is 4.55. The number of likely N-dealkylation sites (tertiary alicyclic amines) is 1. The summed E-state index contributed by atoms with van der Waals surface area (Å²) in [5, 5.41) is 11.4. The summed E-state index contributed by atoms with van der Waals surface area (Å²) in [4.78, 5) is 26.2. The van der Waals surface area contributed by atoms with Crippen LogP contribution in [0.3, 0.4) is 0 Å². The quantitative estimate of drug-likeness (QED) is 0.419. The summed E-state index contributed by atoms with van der Waals surface area (Å²) >= 11 is 2.32. The van der Waals surface area contributed by atoms with Crippen LogP contribution in [-0.2, 0) is 10.2 Å². The van der Waals surface area contributed by atoms with E-state index in [0.29, 0.717) is 18.4 Å². The van der Waals surface area contributed by atoms with Crippen molar-refractivity contribution in [1.29, 1.82) is 0 Å². The average molecular weight is 426 g/mol. The zero-order valence-electron chi connectivity index (χ0n) is 13.0. The van der Waals surface area contributed by atoms with Crippen LogP contribution in [-0.4, -0.2) is 34.7 Å². The number of carbonyl (C=O) groups is 1. The first-order valence-electron chi connectivity index (χ1n) is 7.82. The minimum Gasteiger partial charge on any atom is -0.299 e. The van der Waals surface area contributed by atoms with E-state index in [4.69, 9.17) is 0 Å². The Labute approximate surface area is 149 Å². The number of nitro benzene ring substituents is 1. The number of para-hydroxylation sites is 1. The molecule has 6 heteroatoms. The first kappa shape index (κ1) is 16.6. The molecule has 0 amide bonds. The molecule has 1 aliphatic carbocycles. The number of carbonyl (C=O) groups excluding carboxylic acids is 1. The molecule has 1 saturated heterocycles. The highest BCUT2D eigenvalue weighted by atomic mass is 127. The Hall–Kier alpha value is -1.28. The largest absolute Gasteiger partial charge is 0.299 e. The van der Waals surface area contributed by atoms with Gasteiger partial charge in [0.2, 0.25) is 0 Å². The van der Waals surface area contributed by atoms with Crippen LogP contribution in [0.5, 0.6) is 0 Å². The van der Waals surface area contributed by atoms with Crippen LogP contribution in [0.2, 0.25) is 0 Å². The lowest BCUT2D eigenvalue weighted by Gasteiger charge is -2.31. The van der Waals surface area contributed by atoms with E-state index in [9.17, 15) is 14.9 Å². The predicted molar refractivity (Wildman–Crippen MR) is 96.8 cm³/mol. The maximum atomic E-state index is 12.8. The maximum absolute atomic E-state index is 12.8. The van der Waals surface area contributed by atoms with Crippen molar-refractivity contribution in [3.8, 4) is 0 Å². The molecule has 23 heavy (non-hydrogen) atoms. The Bertz CT molecular complexity index is 688. The van der Waals surface area contributed by atoms with Crippen molar-refractivity contribution < 1.29 is 9.72 Å². The first-order valence-corrected chi connectivity index (χ1v) is 8.90. The molecule has 3 rings (SSSR count). The molecule has 1 aliphatic heterocycles. The molecular formula is C17H19IN2O3. The molecule has 1 saturated carbocycles. The summed E-state index contributed by atoms with van der Waals surface area (Å²) < 4.78 is 1.24. The zero-order chi connectivity index (χ0) is 16.6. The number of halogens is 1. The number of nitrogens with zero attached hydrogens (tertiary/aromatic N) is 2. The lowest BCUT2D eigenvalue weighted by atomic mass is 9.74. The van der Waals surface area contributed by atoms with Gasteiger partial charge < -0.3 is 0 Å². The van der Waals surface area contributed by atoms with E-state index in [1.54, 1.807) is 18.2 Å². The number of nitro groups is 1. The molecule has 2 aliphatic rings. The Morgan fingerprint density at radius 1 is 1.52 bits per heavy atom. The molecule has 1 heterocycles. The van der Waals surface area contributed by atoms with Crippen LogP contribution in [0.4, 0.5) is 5.69 Å². The van der Waals surface area contributed by atoms with E-state index in [1.165, 1.54) is 9.65 Å². The third-order valence-corrected chi connectivity index (χ3v) is 6.16. The SMILES string of the molecule is C/C=C(\I)CN1CC[C@]2(c3ccccc3[N+](=O)[O-])C(=O)CC[C@H]12. The number of allylic oxidation sites excluding steroid dienone is 1. The summed E-state index contributed by atoms with van der Waals surface area (Å²) in [6, 6.07) is 6.84. The molecule has 0 aromatic heterocycles. The fourth-order valence-electron chi connectivity index (χ4n) is 4.15. The van der Waals surface area contributed by atoms with Gasteiger partial charge in [0.1, 0.15) is 5.78 Å². The highest BCUT2D eigenvalue weighted by Crippen LogP contribution is 2.50. The van der Waals surface area contributed by atoms with Gasteiger partial charge in [-0.2, -0.15) is 0 Å². The minimum atomic E-state index is -0.700. The Morgan fingerprint density at radius 3 is 2.96 bits per heavy atom. The summed E-state index contributed by atoms with van der Waals surface area (Å²) in [6.07, 6.45) is 4.05. The van der Waals surface area contributed by atoms with Gasteiger partial charge in [0, 0.05) is 40.8 Å². The molecule has 0 spiro atoms. The molecule has 122 valence electrons. The molecule has 5 nitrogen and oxygen atoms in total. The lowest BCUT2D eigenvalue weighted by molar-refractivity contribution is -0.386. The van der Waals surface area contributed by atoms with Gasteiger partial charge in [-0.05, 0) is 42.4 Å². The molecule has 2 atom stereocenters. The van der Waals surface area contributed by atoms with Crippen LogP contribution in [0, 0.1) is 10.1 Å². The number of fused-ring (bicyclic) bond motifs is 1. The van der Waals surface area contributed by atoms with Crippen molar-refractivity contribution in [3.63, 3.8) is 0 Å². The number of hydrogen-bond acceptors (Lipinski definition) is 4. The summed E-state index contributed by atoms with van der Waals surface area (Å²) in [6.45, 7) is 3.63. The van der Waals surface area contributed by atoms with E-state index in [1.807, 2.05) is 6.92 Å². The molecule has 0 N–H and O–H groups in total. The Morgan fingerprint density at radius 2 is 2.26 bits per heavy atom. The number of Topliss-reactive ketones (excluding diaryl/α,β-unsaturated/α-hetero) is 1. The second kappa shape index (κ2) is 6.32. The summed E-state index contributed by atoms with van der Waals surface area (Å²) in [5.74, 6) is 0.162. The van der Waals surface area contributed by atoms with E-state index in [0.717, 1.165) is 19.5 Å². The lowest BCUT2D eigenvalue weighted by Crippen LogP contribution is -2.42. The highest BCUT2D eigenvalue weighted by Gasteiger charge is 2.58. The van der Waals surface area contributed by atoms with Crippen molar-refractivity contribution in [2.45, 2.75) is 37.6 Å². The highest BCUT2D eigenvalue weighted by molar-refractivity contribution is 14.1. The topological polar surface area (TPSA) is 63.4 Å².